The summed E-state index contributed by atoms with van der Waals surface area (Å²) in [5.74, 6) is 1.12. The van der Waals surface area contributed by atoms with Crippen LogP contribution in [0.4, 0.5) is 0 Å². The van der Waals surface area contributed by atoms with Crippen LogP contribution >= 0.6 is 0 Å². The van der Waals surface area contributed by atoms with Crippen LogP contribution in [-0.4, -0.2) is 36.0 Å². The first kappa shape index (κ1) is 9.97. The molecule has 2 rings (SSSR count). The van der Waals surface area contributed by atoms with Gasteiger partial charge < -0.3 is 10.2 Å². The molecule has 0 spiro atoms. The minimum Gasteiger partial charge on any atom is -0.338 e. The standard InChI is InChI=1S/C11H20N2O/c1-3-12-10-6-7-13(11(10)14)8(2)9-4-5-9/h8-10,12H,3-7H2,1-2H3. The molecule has 2 fully saturated rings. The molecule has 1 N–H and O–H groups in total. The maximum Gasteiger partial charge on any atom is 0.240 e. The Kier molecular flexibility index (Phi) is 2.77. The van der Waals surface area contributed by atoms with Crippen molar-refractivity contribution in [3.63, 3.8) is 0 Å². The largest absolute Gasteiger partial charge is 0.338 e. The molecule has 1 amide bonds. The van der Waals surface area contributed by atoms with Gasteiger partial charge in [0.1, 0.15) is 0 Å². The quantitative estimate of drug-likeness (QED) is 0.727. The second-order valence-electron chi connectivity index (χ2n) is 4.51. The molecule has 0 aromatic heterocycles. The van der Waals surface area contributed by atoms with Crippen LogP contribution in [0.2, 0.25) is 0 Å². The number of rotatable bonds is 4. The third-order valence-electron chi connectivity index (χ3n) is 3.49. The van der Waals surface area contributed by atoms with E-state index in [1.165, 1.54) is 12.8 Å². The Morgan fingerprint density at radius 3 is 2.79 bits per heavy atom. The molecule has 1 aliphatic heterocycles. The molecule has 2 unspecified atom stereocenters. The summed E-state index contributed by atoms with van der Waals surface area (Å²) in [7, 11) is 0. The first-order valence-electron chi connectivity index (χ1n) is 5.78. The number of hydrogen-bond donors (Lipinski definition) is 1. The monoisotopic (exact) mass is 196 g/mol. The zero-order chi connectivity index (χ0) is 10.1. The van der Waals surface area contributed by atoms with E-state index >= 15 is 0 Å². The summed E-state index contributed by atoms with van der Waals surface area (Å²) in [5.41, 5.74) is 0. The molecule has 2 atom stereocenters. The number of amides is 1. The van der Waals surface area contributed by atoms with Crippen molar-refractivity contribution in [2.75, 3.05) is 13.1 Å². The first-order valence-corrected chi connectivity index (χ1v) is 5.78. The summed E-state index contributed by atoms with van der Waals surface area (Å²) in [6, 6.07) is 0.576. The molecule has 0 aromatic rings. The Labute approximate surface area is 85.8 Å². The lowest BCUT2D eigenvalue weighted by Gasteiger charge is -2.24. The number of nitrogens with zero attached hydrogens (tertiary/aromatic N) is 1. The number of likely N-dealkylation sites (tertiary alicyclic amines) is 1. The van der Waals surface area contributed by atoms with Crippen LogP contribution in [0.5, 0.6) is 0 Å². The number of hydrogen-bond acceptors (Lipinski definition) is 2. The maximum absolute atomic E-state index is 11.9. The van der Waals surface area contributed by atoms with Gasteiger partial charge in [0, 0.05) is 12.6 Å². The predicted molar refractivity (Wildman–Crippen MR) is 56.0 cm³/mol. The van der Waals surface area contributed by atoms with Crippen LogP contribution in [0.25, 0.3) is 0 Å². The van der Waals surface area contributed by atoms with Crippen molar-refractivity contribution < 1.29 is 4.79 Å². The normalized spacial score (nSPS) is 29.7. The number of carbonyl (C=O) groups excluding carboxylic acids is 1. The van der Waals surface area contributed by atoms with E-state index < -0.39 is 0 Å². The predicted octanol–water partition coefficient (Wildman–Crippen LogP) is 0.995. The van der Waals surface area contributed by atoms with E-state index in [2.05, 4.69) is 24.1 Å². The highest BCUT2D eigenvalue weighted by Gasteiger charge is 2.39. The lowest BCUT2D eigenvalue weighted by Crippen LogP contribution is -2.42. The second-order valence-corrected chi connectivity index (χ2v) is 4.51. The SMILES string of the molecule is CCNC1CCN(C(C)C2CC2)C1=O. The van der Waals surface area contributed by atoms with E-state index in [0.717, 1.165) is 25.4 Å². The van der Waals surface area contributed by atoms with E-state index in [4.69, 9.17) is 0 Å². The first-order chi connectivity index (χ1) is 6.74. The highest BCUT2D eigenvalue weighted by Crippen LogP contribution is 2.36. The number of likely N-dealkylation sites (N-methyl/N-ethyl adjacent to an activating group) is 1. The van der Waals surface area contributed by atoms with Crippen molar-refractivity contribution in [3.8, 4) is 0 Å². The summed E-state index contributed by atoms with van der Waals surface area (Å²) in [5, 5.41) is 3.25. The molecule has 0 aromatic carbocycles. The van der Waals surface area contributed by atoms with Gasteiger partial charge in [-0.25, -0.2) is 0 Å². The van der Waals surface area contributed by atoms with Gasteiger partial charge >= 0.3 is 0 Å². The van der Waals surface area contributed by atoms with E-state index in [9.17, 15) is 4.79 Å². The average molecular weight is 196 g/mol. The van der Waals surface area contributed by atoms with Gasteiger partial charge in [-0.15, -0.1) is 0 Å². The van der Waals surface area contributed by atoms with Crippen LogP contribution in [0.1, 0.15) is 33.1 Å². The Bertz CT molecular complexity index is 225. The van der Waals surface area contributed by atoms with Gasteiger partial charge in [-0.3, -0.25) is 4.79 Å². The lowest BCUT2D eigenvalue weighted by atomic mass is 10.2. The molecule has 0 bridgehead atoms. The second kappa shape index (κ2) is 3.89. The fourth-order valence-corrected chi connectivity index (χ4v) is 2.38. The van der Waals surface area contributed by atoms with Crippen LogP contribution in [0.3, 0.4) is 0 Å². The van der Waals surface area contributed by atoms with E-state index in [0.29, 0.717) is 11.9 Å². The van der Waals surface area contributed by atoms with Gasteiger partial charge in [0.05, 0.1) is 6.04 Å². The Balaban J connectivity index is 1.91. The molecule has 3 heteroatoms. The molecule has 80 valence electrons. The van der Waals surface area contributed by atoms with Crippen molar-refractivity contribution in [1.82, 2.24) is 10.2 Å². The van der Waals surface area contributed by atoms with E-state index in [-0.39, 0.29) is 6.04 Å². The van der Waals surface area contributed by atoms with Crippen molar-refractivity contribution in [2.24, 2.45) is 5.92 Å². The average Bonchev–Trinajstić information content (AvgIpc) is 2.94. The highest BCUT2D eigenvalue weighted by atomic mass is 16.2. The topological polar surface area (TPSA) is 32.3 Å². The third-order valence-corrected chi connectivity index (χ3v) is 3.49. The summed E-state index contributed by atoms with van der Waals surface area (Å²) < 4.78 is 0. The molecule has 3 nitrogen and oxygen atoms in total. The summed E-state index contributed by atoms with van der Waals surface area (Å²) in [6.07, 6.45) is 3.62. The Morgan fingerprint density at radius 1 is 1.50 bits per heavy atom. The lowest BCUT2D eigenvalue weighted by molar-refractivity contribution is -0.131. The summed E-state index contributed by atoms with van der Waals surface area (Å²) >= 11 is 0. The van der Waals surface area contributed by atoms with Crippen molar-refractivity contribution >= 4 is 5.91 Å². The molecule has 0 radical (unpaired) electrons. The fraction of sp³-hybridized carbons (Fsp3) is 0.909. The highest BCUT2D eigenvalue weighted by molar-refractivity contribution is 5.84. The summed E-state index contributed by atoms with van der Waals surface area (Å²) in [6.45, 7) is 6.10. The van der Waals surface area contributed by atoms with Crippen molar-refractivity contribution in [1.29, 1.82) is 0 Å². The molecule has 1 heterocycles. The van der Waals surface area contributed by atoms with Crippen LogP contribution in [-0.2, 0) is 4.79 Å². The molecule has 1 saturated heterocycles. The van der Waals surface area contributed by atoms with Gasteiger partial charge in [0.25, 0.3) is 0 Å². The van der Waals surface area contributed by atoms with Gasteiger partial charge in [-0.1, -0.05) is 6.92 Å². The summed E-state index contributed by atoms with van der Waals surface area (Å²) in [4.78, 5) is 14.0. The van der Waals surface area contributed by atoms with E-state index in [1.54, 1.807) is 0 Å². The molecular weight excluding hydrogens is 176 g/mol. The molecule has 2 aliphatic rings. The Morgan fingerprint density at radius 2 is 2.21 bits per heavy atom. The van der Waals surface area contributed by atoms with Crippen LogP contribution in [0, 0.1) is 5.92 Å². The van der Waals surface area contributed by atoms with E-state index in [1.807, 2.05) is 0 Å². The third kappa shape index (κ3) is 1.78. The van der Waals surface area contributed by atoms with Gasteiger partial charge in [-0.05, 0) is 38.6 Å². The molecule has 1 aliphatic carbocycles. The van der Waals surface area contributed by atoms with Crippen molar-refractivity contribution in [2.45, 2.75) is 45.2 Å². The Hall–Kier alpha value is -0.570. The van der Waals surface area contributed by atoms with Gasteiger partial charge in [0.2, 0.25) is 5.91 Å². The fourth-order valence-electron chi connectivity index (χ4n) is 2.38. The van der Waals surface area contributed by atoms with Crippen LogP contribution < -0.4 is 5.32 Å². The number of carbonyl (C=O) groups is 1. The van der Waals surface area contributed by atoms with Crippen LogP contribution in [0.15, 0.2) is 0 Å². The zero-order valence-electron chi connectivity index (χ0n) is 9.12. The van der Waals surface area contributed by atoms with Crippen molar-refractivity contribution in [3.05, 3.63) is 0 Å². The smallest absolute Gasteiger partial charge is 0.240 e. The molecular formula is C11H20N2O. The minimum atomic E-state index is 0.0983. The van der Waals surface area contributed by atoms with Gasteiger partial charge in [0.15, 0.2) is 0 Å². The van der Waals surface area contributed by atoms with Gasteiger partial charge in [-0.2, -0.15) is 0 Å². The maximum atomic E-state index is 11.9. The molecule has 1 saturated carbocycles. The number of nitrogens with one attached hydrogen (secondary N) is 1. The minimum absolute atomic E-state index is 0.0983. The molecule has 14 heavy (non-hydrogen) atoms. The zero-order valence-corrected chi connectivity index (χ0v) is 9.12.